The van der Waals surface area contributed by atoms with Gasteiger partial charge in [-0.2, -0.15) is 0 Å². The van der Waals surface area contributed by atoms with E-state index < -0.39 is 31.0 Å². The van der Waals surface area contributed by atoms with Crippen LogP contribution in [-0.2, 0) is 0 Å². The van der Waals surface area contributed by atoms with Crippen molar-refractivity contribution in [1.82, 2.24) is 5.32 Å². The summed E-state index contributed by atoms with van der Waals surface area (Å²) in [6, 6.07) is 0. The van der Waals surface area contributed by atoms with Gasteiger partial charge in [-0.05, 0) is 25.8 Å². The zero-order valence-corrected chi connectivity index (χ0v) is 12.1. The summed E-state index contributed by atoms with van der Waals surface area (Å²) in [5, 5.41) is 49.4. The van der Waals surface area contributed by atoms with Gasteiger partial charge in [-0.15, -0.1) is 0 Å². The SMILES string of the molecule is CCCC=CCCCNC[C@H](O)[C@@H](O)[C@H](O)[C@H](O)CO. The summed E-state index contributed by atoms with van der Waals surface area (Å²) >= 11 is 0. The van der Waals surface area contributed by atoms with Gasteiger partial charge in [0, 0.05) is 6.54 Å². The van der Waals surface area contributed by atoms with Crippen molar-refractivity contribution >= 4 is 0 Å². The monoisotopic (exact) mass is 291 g/mol. The van der Waals surface area contributed by atoms with Gasteiger partial charge in [-0.1, -0.05) is 25.5 Å². The minimum absolute atomic E-state index is 0.120. The van der Waals surface area contributed by atoms with Gasteiger partial charge in [0.25, 0.3) is 0 Å². The predicted molar refractivity (Wildman–Crippen MR) is 77.3 cm³/mol. The first-order valence-electron chi connectivity index (χ1n) is 7.23. The van der Waals surface area contributed by atoms with Crippen molar-refractivity contribution in [3.63, 3.8) is 0 Å². The fourth-order valence-corrected chi connectivity index (χ4v) is 1.68. The van der Waals surface area contributed by atoms with E-state index in [2.05, 4.69) is 24.4 Å². The van der Waals surface area contributed by atoms with E-state index in [-0.39, 0.29) is 6.54 Å². The molecule has 0 rings (SSSR count). The van der Waals surface area contributed by atoms with Gasteiger partial charge < -0.3 is 30.8 Å². The van der Waals surface area contributed by atoms with Gasteiger partial charge in [0.15, 0.2) is 0 Å². The Hall–Kier alpha value is -0.500. The Balaban J connectivity index is 3.69. The first-order chi connectivity index (χ1) is 9.54. The number of hydrogen-bond donors (Lipinski definition) is 6. The highest BCUT2D eigenvalue weighted by molar-refractivity contribution is 4.83. The van der Waals surface area contributed by atoms with Crippen LogP contribution in [0.3, 0.4) is 0 Å². The van der Waals surface area contributed by atoms with Crippen molar-refractivity contribution in [3.05, 3.63) is 12.2 Å². The number of nitrogens with one attached hydrogen (secondary N) is 1. The van der Waals surface area contributed by atoms with Crippen LogP contribution in [0.2, 0.25) is 0 Å². The normalized spacial score (nSPS) is 18.1. The third-order valence-electron chi connectivity index (χ3n) is 3.03. The van der Waals surface area contributed by atoms with Crippen molar-refractivity contribution in [2.45, 2.75) is 57.0 Å². The fourth-order valence-electron chi connectivity index (χ4n) is 1.68. The molecule has 0 bridgehead atoms. The van der Waals surface area contributed by atoms with Crippen molar-refractivity contribution in [3.8, 4) is 0 Å². The van der Waals surface area contributed by atoms with Crippen LogP contribution in [0.15, 0.2) is 12.2 Å². The molecule has 0 aliphatic heterocycles. The lowest BCUT2D eigenvalue weighted by Gasteiger charge is -2.25. The van der Waals surface area contributed by atoms with E-state index in [1.165, 1.54) is 0 Å². The molecule has 0 spiro atoms. The van der Waals surface area contributed by atoms with E-state index in [4.69, 9.17) is 10.2 Å². The van der Waals surface area contributed by atoms with Crippen LogP contribution >= 0.6 is 0 Å². The lowest BCUT2D eigenvalue weighted by molar-refractivity contribution is -0.113. The second-order valence-electron chi connectivity index (χ2n) is 4.90. The van der Waals surface area contributed by atoms with Crippen LogP contribution in [0.1, 0.15) is 32.6 Å². The van der Waals surface area contributed by atoms with E-state index in [0.717, 1.165) is 25.7 Å². The van der Waals surface area contributed by atoms with Crippen molar-refractivity contribution in [2.75, 3.05) is 19.7 Å². The molecule has 6 N–H and O–H groups in total. The lowest BCUT2D eigenvalue weighted by Crippen LogP contribution is -2.49. The standard InChI is InChI=1S/C14H29NO5/c1-2-3-4-5-6-7-8-15-9-11(17)13(19)14(20)12(18)10-16/h4-5,11-20H,2-3,6-10H2,1H3/t11-,12+,13+,14+/m0/s1. The summed E-state index contributed by atoms with van der Waals surface area (Å²) in [5.41, 5.74) is 0. The van der Waals surface area contributed by atoms with Crippen LogP contribution in [0.25, 0.3) is 0 Å². The zero-order valence-electron chi connectivity index (χ0n) is 12.1. The van der Waals surface area contributed by atoms with E-state index >= 15 is 0 Å². The number of unbranched alkanes of at least 4 members (excludes halogenated alkanes) is 2. The smallest absolute Gasteiger partial charge is 0.111 e. The quantitative estimate of drug-likeness (QED) is 0.206. The number of allylic oxidation sites excluding steroid dienone is 2. The lowest BCUT2D eigenvalue weighted by atomic mass is 10.0. The number of hydrogen-bond acceptors (Lipinski definition) is 6. The summed E-state index contributed by atoms with van der Waals surface area (Å²) in [4.78, 5) is 0. The second-order valence-corrected chi connectivity index (χ2v) is 4.90. The molecule has 0 saturated heterocycles. The molecule has 120 valence electrons. The second kappa shape index (κ2) is 12.3. The molecule has 0 unspecified atom stereocenters. The molecular formula is C14H29NO5. The first kappa shape index (κ1) is 19.5. The Kier molecular flexibility index (Phi) is 12.0. The van der Waals surface area contributed by atoms with Crippen LogP contribution in [0.5, 0.6) is 0 Å². The zero-order chi connectivity index (χ0) is 15.4. The highest BCUT2D eigenvalue weighted by Crippen LogP contribution is 2.04. The maximum atomic E-state index is 9.63. The minimum Gasteiger partial charge on any atom is -0.394 e. The highest BCUT2D eigenvalue weighted by atomic mass is 16.4. The van der Waals surface area contributed by atoms with Gasteiger partial charge in [0.2, 0.25) is 0 Å². The summed E-state index contributed by atoms with van der Waals surface area (Å²) < 4.78 is 0. The Morgan fingerprint density at radius 3 is 2.15 bits per heavy atom. The Bertz CT molecular complexity index is 250. The van der Waals surface area contributed by atoms with Crippen LogP contribution in [-0.4, -0.2) is 69.6 Å². The Labute approximate surface area is 120 Å². The molecule has 0 aromatic carbocycles. The first-order valence-corrected chi connectivity index (χ1v) is 7.23. The van der Waals surface area contributed by atoms with Crippen LogP contribution in [0, 0.1) is 0 Å². The number of aliphatic hydroxyl groups excluding tert-OH is 5. The molecule has 0 saturated carbocycles. The molecule has 0 aliphatic rings. The molecule has 6 nitrogen and oxygen atoms in total. The van der Waals surface area contributed by atoms with Crippen LogP contribution < -0.4 is 5.32 Å². The van der Waals surface area contributed by atoms with E-state index in [9.17, 15) is 15.3 Å². The number of rotatable bonds is 12. The van der Waals surface area contributed by atoms with Crippen molar-refractivity contribution in [1.29, 1.82) is 0 Å². The maximum Gasteiger partial charge on any atom is 0.111 e. The molecule has 6 heteroatoms. The molecule has 0 aromatic rings. The fraction of sp³-hybridized carbons (Fsp3) is 0.857. The topological polar surface area (TPSA) is 113 Å². The average Bonchev–Trinajstić information content (AvgIpc) is 2.47. The summed E-state index contributed by atoms with van der Waals surface area (Å²) in [5.74, 6) is 0. The molecule has 0 amide bonds. The molecule has 0 aliphatic carbocycles. The van der Waals surface area contributed by atoms with E-state index in [1.54, 1.807) is 0 Å². The third kappa shape index (κ3) is 8.63. The highest BCUT2D eigenvalue weighted by Gasteiger charge is 2.29. The molecule has 0 radical (unpaired) electrons. The minimum atomic E-state index is -1.56. The average molecular weight is 291 g/mol. The van der Waals surface area contributed by atoms with E-state index in [1.807, 2.05) is 0 Å². The van der Waals surface area contributed by atoms with Gasteiger partial charge in [-0.25, -0.2) is 0 Å². The molecule has 4 atom stereocenters. The van der Waals surface area contributed by atoms with Gasteiger partial charge in [0.1, 0.15) is 18.3 Å². The largest absolute Gasteiger partial charge is 0.394 e. The van der Waals surface area contributed by atoms with E-state index in [0.29, 0.717) is 6.54 Å². The number of aliphatic hydroxyl groups is 5. The summed E-state index contributed by atoms with van der Waals surface area (Å²) in [7, 11) is 0. The maximum absolute atomic E-state index is 9.63. The van der Waals surface area contributed by atoms with Crippen molar-refractivity contribution < 1.29 is 25.5 Å². The molecule has 0 aromatic heterocycles. The molecule has 0 fully saturated rings. The molecule has 20 heavy (non-hydrogen) atoms. The van der Waals surface area contributed by atoms with Gasteiger partial charge >= 0.3 is 0 Å². The predicted octanol–water partition coefficient (Wildman–Crippen LogP) is -0.852. The Morgan fingerprint density at radius 2 is 1.55 bits per heavy atom. The molecule has 0 heterocycles. The third-order valence-corrected chi connectivity index (χ3v) is 3.03. The van der Waals surface area contributed by atoms with Gasteiger partial charge in [0.05, 0.1) is 12.7 Å². The summed E-state index contributed by atoms with van der Waals surface area (Å²) in [6.45, 7) is 2.27. The van der Waals surface area contributed by atoms with Crippen LogP contribution in [0.4, 0.5) is 0 Å². The Morgan fingerprint density at radius 1 is 0.950 bits per heavy atom. The van der Waals surface area contributed by atoms with Crippen molar-refractivity contribution in [2.24, 2.45) is 0 Å². The van der Waals surface area contributed by atoms with Gasteiger partial charge in [-0.3, -0.25) is 0 Å². The summed E-state index contributed by atoms with van der Waals surface area (Å²) in [6.07, 6.45) is 2.67. The molecular weight excluding hydrogens is 262 g/mol.